The van der Waals surface area contributed by atoms with Gasteiger partial charge in [-0.25, -0.2) is 0 Å². The molecule has 0 amide bonds. The van der Waals surface area contributed by atoms with Gasteiger partial charge in [0.1, 0.15) is 6.10 Å². The summed E-state index contributed by atoms with van der Waals surface area (Å²) in [5, 5.41) is 21.5. The molecule has 2 N–H and O–H groups in total. The number of esters is 1. The van der Waals surface area contributed by atoms with Gasteiger partial charge >= 0.3 is 5.97 Å². The predicted molar refractivity (Wildman–Crippen MR) is 99.2 cm³/mol. The number of aliphatic hydroxyl groups excluding tert-OH is 2. The Hall–Kier alpha value is -0.870. The Bertz CT molecular complexity index is 630. The molecule has 2 bridgehead atoms. The lowest BCUT2D eigenvalue weighted by atomic mass is 9.40. The molecule has 1 spiro atoms. The number of rotatable bonds is 2. The van der Waals surface area contributed by atoms with Gasteiger partial charge in [0.05, 0.1) is 6.10 Å². The number of ether oxygens (including phenoxy) is 1. The molecule has 4 aliphatic rings. The smallest absolute Gasteiger partial charge is 0.302 e. The molecule has 4 rings (SSSR count). The molecule has 0 aromatic rings. The highest BCUT2D eigenvalue weighted by Crippen LogP contribution is 2.72. The summed E-state index contributed by atoms with van der Waals surface area (Å²) in [5.41, 5.74) is 0.505. The zero-order chi connectivity index (χ0) is 18.9. The molecule has 0 aliphatic heterocycles. The average molecular weight is 363 g/mol. The van der Waals surface area contributed by atoms with Crippen molar-refractivity contribution in [1.29, 1.82) is 0 Å². The maximum absolute atomic E-state index is 11.9. The first-order valence-corrected chi connectivity index (χ1v) is 10.3. The molecule has 8 atom stereocenters. The van der Waals surface area contributed by atoms with Crippen LogP contribution in [0.4, 0.5) is 0 Å². The van der Waals surface area contributed by atoms with Gasteiger partial charge in [-0.2, -0.15) is 0 Å². The maximum atomic E-state index is 11.9. The fraction of sp³-hybridized carbons (Fsp3) is 0.864. The summed E-state index contributed by atoms with van der Waals surface area (Å²) in [7, 11) is 0. The fourth-order valence-electron chi connectivity index (χ4n) is 7.94. The van der Waals surface area contributed by atoms with Crippen molar-refractivity contribution in [3.63, 3.8) is 0 Å². The minimum atomic E-state index is -0.579. The summed E-state index contributed by atoms with van der Waals surface area (Å²) in [6.07, 6.45) is 6.21. The second-order valence-corrected chi connectivity index (χ2v) is 10.2. The van der Waals surface area contributed by atoms with Crippen LogP contribution in [-0.2, 0) is 9.53 Å². The van der Waals surface area contributed by atoms with E-state index < -0.39 is 6.10 Å². The van der Waals surface area contributed by atoms with Crippen molar-refractivity contribution >= 4 is 5.97 Å². The SMILES string of the molecule is C=C1[C@H]2CC[C@@H]3[C@@]4(C)CCC[C@@](C)(CO)[C@@H]4C[C@@H](OC(C)=O)[C@@]3(C2)[C@@H]1O. The van der Waals surface area contributed by atoms with Gasteiger partial charge in [0.2, 0.25) is 0 Å². The predicted octanol–water partition coefficient (Wildman–Crippen LogP) is 3.46. The molecule has 4 saturated carbocycles. The van der Waals surface area contributed by atoms with Crippen LogP contribution in [0.3, 0.4) is 0 Å². The second kappa shape index (κ2) is 5.81. The van der Waals surface area contributed by atoms with Crippen molar-refractivity contribution in [2.45, 2.75) is 77.9 Å². The molecule has 0 saturated heterocycles. The molecule has 26 heavy (non-hydrogen) atoms. The molecule has 4 fully saturated rings. The fourth-order valence-corrected chi connectivity index (χ4v) is 7.94. The molecule has 146 valence electrons. The van der Waals surface area contributed by atoms with E-state index in [4.69, 9.17) is 4.74 Å². The molecule has 0 aromatic carbocycles. The number of hydrogen-bond acceptors (Lipinski definition) is 4. The van der Waals surface area contributed by atoms with E-state index in [0.717, 1.165) is 50.5 Å². The van der Waals surface area contributed by atoms with Crippen molar-refractivity contribution in [1.82, 2.24) is 0 Å². The number of carbonyl (C=O) groups is 1. The lowest BCUT2D eigenvalue weighted by molar-refractivity contribution is -0.235. The number of carbonyl (C=O) groups excluding carboxylic acids is 1. The van der Waals surface area contributed by atoms with Crippen LogP contribution < -0.4 is 0 Å². The van der Waals surface area contributed by atoms with Crippen LogP contribution in [0.1, 0.15) is 65.7 Å². The van der Waals surface area contributed by atoms with Gasteiger partial charge < -0.3 is 14.9 Å². The molecule has 0 radical (unpaired) electrons. The van der Waals surface area contributed by atoms with E-state index in [2.05, 4.69) is 20.4 Å². The van der Waals surface area contributed by atoms with Gasteiger partial charge in [0.15, 0.2) is 0 Å². The Morgan fingerprint density at radius 2 is 2.00 bits per heavy atom. The quantitative estimate of drug-likeness (QED) is 0.583. The normalized spacial score (nSPS) is 53.0. The maximum Gasteiger partial charge on any atom is 0.302 e. The van der Waals surface area contributed by atoms with E-state index in [9.17, 15) is 15.0 Å². The van der Waals surface area contributed by atoms with Crippen LogP contribution in [0.5, 0.6) is 0 Å². The lowest BCUT2D eigenvalue weighted by Gasteiger charge is -2.66. The highest BCUT2D eigenvalue weighted by atomic mass is 16.5. The molecular formula is C22H34O4. The Balaban J connectivity index is 1.84. The summed E-state index contributed by atoms with van der Waals surface area (Å²) in [6, 6.07) is 0. The van der Waals surface area contributed by atoms with E-state index in [1.54, 1.807) is 0 Å². The average Bonchev–Trinajstić information content (AvgIpc) is 2.78. The molecular weight excluding hydrogens is 328 g/mol. The highest BCUT2D eigenvalue weighted by molar-refractivity contribution is 5.66. The first-order chi connectivity index (χ1) is 12.2. The Morgan fingerprint density at radius 3 is 2.65 bits per heavy atom. The molecule has 4 heteroatoms. The largest absolute Gasteiger partial charge is 0.462 e. The minimum absolute atomic E-state index is 0.0724. The van der Waals surface area contributed by atoms with Crippen molar-refractivity contribution in [2.75, 3.05) is 6.61 Å². The van der Waals surface area contributed by atoms with Crippen molar-refractivity contribution in [3.05, 3.63) is 12.2 Å². The van der Waals surface area contributed by atoms with Crippen molar-refractivity contribution in [2.24, 2.45) is 34.0 Å². The summed E-state index contributed by atoms with van der Waals surface area (Å²) >= 11 is 0. The second-order valence-electron chi connectivity index (χ2n) is 10.2. The van der Waals surface area contributed by atoms with E-state index >= 15 is 0 Å². The van der Waals surface area contributed by atoms with Crippen LogP contribution in [0.2, 0.25) is 0 Å². The van der Waals surface area contributed by atoms with Crippen LogP contribution in [0.25, 0.3) is 0 Å². The molecule has 0 aromatic heterocycles. The third-order valence-corrected chi connectivity index (χ3v) is 9.05. The molecule has 4 aliphatic carbocycles. The van der Waals surface area contributed by atoms with Gasteiger partial charge in [-0.1, -0.05) is 26.8 Å². The monoisotopic (exact) mass is 362 g/mol. The summed E-state index contributed by atoms with van der Waals surface area (Å²) < 4.78 is 5.91. The van der Waals surface area contributed by atoms with Crippen LogP contribution >= 0.6 is 0 Å². The summed E-state index contributed by atoms with van der Waals surface area (Å²) in [4.78, 5) is 11.9. The first-order valence-electron chi connectivity index (χ1n) is 10.3. The topological polar surface area (TPSA) is 66.8 Å². The van der Waals surface area contributed by atoms with Crippen molar-refractivity contribution < 1.29 is 19.7 Å². The highest BCUT2D eigenvalue weighted by Gasteiger charge is 2.70. The molecule has 4 nitrogen and oxygen atoms in total. The summed E-state index contributed by atoms with van der Waals surface area (Å²) in [5.74, 6) is 0.716. The first kappa shape index (κ1) is 18.5. The lowest BCUT2D eigenvalue weighted by Crippen LogP contribution is -2.65. The molecule has 0 unspecified atom stereocenters. The number of hydrogen-bond donors (Lipinski definition) is 2. The number of fused-ring (bicyclic) bond motifs is 3. The van der Waals surface area contributed by atoms with E-state index in [1.165, 1.54) is 6.92 Å². The van der Waals surface area contributed by atoms with Crippen LogP contribution in [0.15, 0.2) is 12.2 Å². The zero-order valence-corrected chi connectivity index (χ0v) is 16.5. The van der Waals surface area contributed by atoms with Gasteiger partial charge in [-0.15, -0.1) is 0 Å². The van der Waals surface area contributed by atoms with Crippen LogP contribution in [-0.4, -0.2) is 35.0 Å². The van der Waals surface area contributed by atoms with Crippen LogP contribution in [0, 0.1) is 34.0 Å². The third-order valence-electron chi connectivity index (χ3n) is 9.05. The van der Waals surface area contributed by atoms with E-state index in [0.29, 0.717) is 17.8 Å². The van der Waals surface area contributed by atoms with E-state index in [-0.39, 0.29) is 34.9 Å². The Kier molecular flexibility index (Phi) is 4.13. The van der Waals surface area contributed by atoms with E-state index in [1.807, 2.05) is 0 Å². The zero-order valence-electron chi connectivity index (χ0n) is 16.5. The number of aliphatic hydroxyl groups is 2. The molecule has 0 heterocycles. The minimum Gasteiger partial charge on any atom is -0.462 e. The van der Waals surface area contributed by atoms with Gasteiger partial charge in [0, 0.05) is 18.9 Å². The van der Waals surface area contributed by atoms with Gasteiger partial charge in [-0.05, 0) is 72.7 Å². The Labute approximate surface area is 157 Å². The third kappa shape index (κ3) is 2.18. The summed E-state index contributed by atoms with van der Waals surface area (Å²) in [6.45, 7) is 10.5. The van der Waals surface area contributed by atoms with Crippen molar-refractivity contribution in [3.8, 4) is 0 Å². The van der Waals surface area contributed by atoms with Gasteiger partial charge in [0.25, 0.3) is 0 Å². The van der Waals surface area contributed by atoms with Gasteiger partial charge in [-0.3, -0.25) is 4.79 Å². The Morgan fingerprint density at radius 1 is 1.27 bits per heavy atom. The standard InChI is InChI=1S/C22H34O4/c1-13-15-6-7-16-21(4)9-5-8-20(3,12-23)17(21)10-18(26-14(2)24)22(16,11-15)19(13)25/h15-19,23,25H,1,5-12H2,2-4H3/t15-,16+,17-,18+,19+,20-,21+,22-/m0/s1.